The number of rotatable bonds is 5. The lowest BCUT2D eigenvalue weighted by Gasteiger charge is -2.03. The molecule has 0 radical (unpaired) electrons. The van der Waals surface area contributed by atoms with E-state index < -0.39 is 0 Å². The normalized spacial score (nSPS) is 12.5. The van der Waals surface area contributed by atoms with E-state index >= 15 is 0 Å². The molecule has 4 nitrogen and oxygen atoms in total. The number of hydrogen-bond donors (Lipinski definition) is 2. The third-order valence-electron chi connectivity index (χ3n) is 2.30. The van der Waals surface area contributed by atoms with Crippen LogP contribution in [0.15, 0.2) is 0 Å². The Bertz CT molecular complexity index is 360. The van der Waals surface area contributed by atoms with Crippen LogP contribution in [0.1, 0.15) is 37.3 Å². The minimum atomic E-state index is -0.00583. The minimum absolute atomic E-state index is 0.00583. The predicted octanol–water partition coefficient (Wildman–Crippen LogP) is 2.08. The van der Waals surface area contributed by atoms with Gasteiger partial charge in [-0.2, -0.15) is 0 Å². The van der Waals surface area contributed by atoms with Gasteiger partial charge < -0.3 is 11.1 Å². The van der Waals surface area contributed by atoms with E-state index in [1.165, 1.54) is 16.2 Å². The summed E-state index contributed by atoms with van der Waals surface area (Å²) in [5, 5.41) is 3.50. The third kappa shape index (κ3) is 3.90. The summed E-state index contributed by atoms with van der Waals surface area (Å²) < 4.78 is 0. The zero-order chi connectivity index (χ0) is 12.1. The molecule has 0 fully saturated rings. The van der Waals surface area contributed by atoms with Crippen LogP contribution in [-0.2, 0) is 11.2 Å². The molecule has 0 bridgehead atoms. The highest BCUT2D eigenvalue weighted by atomic mass is 32.1. The van der Waals surface area contributed by atoms with E-state index in [0.717, 1.165) is 12.1 Å². The van der Waals surface area contributed by atoms with Gasteiger partial charge in [-0.3, -0.25) is 4.79 Å². The van der Waals surface area contributed by atoms with Crippen molar-refractivity contribution in [2.45, 2.75) is 46.1 Å². The first-order valence-corrected chi connectivity index (χ1v) is 6.36. The molecule has 1 aromatic heterocycles. The van der Waals surface area contributed by atoms with Gasteiger partial charge in [0.05, 0.1) is 5.69 Å². The molecule has 1 unspecified atom stereocenters. The Morgan fingerprint density at radius 3 is 2.81 bits per heavy atom. The fraction of sp³-hybridized carbons (Fsp3) is 0.636. The second-order valence-electron chi connectivity index (χ2n) is 3.94. The number of aryl methyl sites for hydroxylation is 2. The molecule has 1 heterocycles. The van der Waals surface area contributed by atoms with Gasteiger partial charge in [-0.1, -0.05) is 6.92 Å². The topological polar surface area (TPSA) is 68.0 Å². The van der Waals surface area contributed by atoms with E-state index in [-0.39, 0.29) is 11.9 Å². The number of nitrogens with two attached hydrogens (primary N) is 1. The number of thiazole rings is 1. The Kier molecular flexibility index (Phi) is 4.89. The average molecular weight is 241 g/mol. The summed E-state index contributed by atoms with van der Waals surface area (Å²) in [5.74, 6) is -0.00583. The van der Waals surface area contributed by atoms with E-state index in [4.69, 9.17) is 5.73 Å². The molecule has 0 saturated heterocycles. The smallest absolute Gasteiger partial charge is 0.226 e. The lowest BCUT2D eigenvalue weighted by molar-refractivity contribution is -0.116. The first kappa shape index (κ1) is 13.1. The van der Waals surface area contributed by atoms with Crippen LogP contribution in [0.4, 0.5) is 5.13 Å². The summed E-state index contributed by atoms with van der Waals surface area (Å²) in [6.45, 7) is 5.98. The van der Waals surface area contributed by atoms with Crippen molar-refractivity contribution < 1.29 is 4.79 Å². The molecule has 3 N–H and O–H groups in total. The van der Waals surface area contributed by atoms with Gasteiger partial charge in [-0.05, 0) is 26.7 Å². The summed E-state index contributed by atoms with van der Waals surface area (Å²) >= 11 is 1.53. The van der Waals surface area contributed by atoms with E-state index in [1.807, 2.05) is 13.8 Å². The van der Waals surface area contributed by atoms with Gasteiger partial charge in [0.25, 0.3) is 0 Å². The van der Waals surface area contributed by atoms with Gasteiger partial charge in [0, 0.05) is 17.3 Å². The van der Waals surface area contributed by atoms with Gasteiger partial charge in [0.15, 0.2) is 5.13 Å². The lowest BCUT2D eigenvalue weighted by atomic mass is 10.2. The third-order valence-corrected chi connectivity index (χ3v) is 3.23. The maximum Gasteiger partial charge on any atom is 0.226 e. The summed E-state index contributed by atoms with van der Waals surface area (Å²) in [7, 11) is 0. The first-order valence-electron chi connectivity index (χ1n) is 5.54. The van der Waals surface area contributed by atoms with Crippen LogP contribution in [0, 0.1) is 6.92 Å². The number of hydrogen-bond acceptors (Lipinski definition) is 4. The zero-order valence-corrected chi connectivity index (χ0v) is 10.9. The number of carbonyl (C=O) groups is 1. The van der Waals surface area contributed by atoms with E-state index in [1.54, 1.807) is 0 Å². The quantitative estimate of drug-likeness (QED) is 0.829. The molecule has 0 aliphatic heterocycles. The summed E-state index contributed by atoms with van der Waals surface area (Å²) in [5.41, 5.74) is 6.65. The van der Waals surface area contributed by atoms with Gasteiger partial charge in [0.1, 0.15) is 0 Å². The lowest BCUT2D eigenvalue weighted by Crippen LogP contribution is -2.19. The molecule has 1 atom stereocenters. The fourth-order valence-corrected chi connectivity index (χ4v) is 2.27. The van der Waals surface area contributed by atoms with Crippen LogP contribution >= 0.6 is 11.3 Å². The molecular weight excluding hydrogens is 222 g/mol. The van der Waals surface area contributed by atoms with Crippen LogP contribution in [0.2, 0.25) is 0 Å². The zero-order valence-electron chi connectivity index (χ0n) is 10.0. The van der Waals surface area contributed by atoms with Gasteiger partial charge in [-0.25, -0.2) is 4.98 Å². The Hall–Kier alpha value is -0.940. The maximum atomic E-state index is 11.5. The van der Waals surface area contributed by atoms with Crippen LogP contribution in [-0.4, -0.2) is 16.9 Å². The van der Waals surface area contributed by atoms with E-state index in [0.29, 0.717) is 18.0 Å². The summed E-state index contributed by atoms with van der Waals surface area (Å²) in [4.78, 5) is 17.0. The predicted molar refractivity (Wildman–Crippen MR) is 67.7 cm³/mol. The number of nitrogens with one attached hydrogen (secondary N) is 1. The Balaban J connectivity index is 2.49. The molecule has 90 valence electrons. The largest absolute Gasteiger partial charge is 0.328 e. The number of carbonyl (C=O) groups excluding carboxylic acids is 1. The second-order valence-corrected chi connectivity index (χ2v) is 5.14. The van der Waals surface area contributed by atoms with Crippen molar-refractivity contribution in [2.24, 2.45) is 5.73 Å². The number of aromatic nitrogens is 1. The van der Waals surface area contributed by atoms with E-state index in [2.05, 4.69) is 17.2 Å². The molecule has 1 aromatic rings. The van der Waals surface area contributed by atoms with Crippen molar-refractivity contribution >= 4 is 22.4 Å². The molecule has 0 aliphatic carbocycles. The molecule has 5 heteroatoms. The molecular formula is C11H19N3OS. The average Bonchev–Trinajstić information content (AvgIpc) is 2.55. The van der Waals surface area contributed by atoms with Crippen molar-refractivity contribution in [3.8, 4) is 0 Å². The Morgan fingerprint density at radius 1 is 1.62 bits per heavy atom. The van der Waals surface area contributed by atoms with Crippen molar-refractivity contribution in [3.05, 3.63) is 10.6 Å². The highest BCUT2D eigenvalue weighted by molar-refractivity contribution is 7.15. The number of nitrogens with zero attached hydrogens (tertiary/aromatic N) is 1. The van der Waals surface area contributed by atoms with Crippen LogP contribution in [0.3, 0.4) is 0 Å². The summed E-state index contributed by atoms with van der Waals surface area (Å²) in [6.07, 6.45) is 2.06. The highest BCUT2D eigenvalue weighted by Gasteiger charge is 2.09. The van der Waals surface area contributed by atoms with Gasteiger partial charge in [0.2, 0.25) is 5.91 Å². The van der Waals surface area contributed by atoms with E-state index in [9.17, 15) is 4.79 Å². The van der Waals surface area contributed by atoms with Crippen molar-refractivity contribution in [3.63, 3.8) is 0 Å². The van der Waals surface area contributed by atoms with Gasteiger partial charge in [-0.15, -0.1) is 11.3 Å². The van der Waals surface area contributed by atoms with Crippen molar-refractivity contribution in [1.82, 2.24) is 4.98 Å². The number of anilines is 1. The van der Waals surface area contributed by atoms with Crippen molar-refractivity contribution in [1.29, 1.82) is 0 Å². The monoisotopic (exact) mass is 241 g/mol. The first-order chi connectivity index (χ1) is 7.52. The van der Waals surface area contributed by atoms with Crippen LogP contribution in [0.5, 0.6) is 0 Å². The second kappa shape index (κ2) is 5.96. The fourth-order valence-electron chi connectivity index (χ4n) is 1.35. The molecule has 16 heavy (non-hydrogen) atoms. The molecule has 1 rings (SSSR count). The summed E-state index contributed by atoms with van der Waals surface area (Å²) in [6, 6.07) is 0.0648. The standard InChI is InChI=1S/C11H19N3OS/c1-4-9-8(3)16-11(13-9)14-10(15)6-5-7(2)12/h7H,4-6,12H2,1-3H3,(H,13,14,15). The molecule has 1 amide bonds. The SMILES string of the molecule is CCc1nc(NC(=O)CCC(C)N)sc1C. The molecule has 0 aliphatic rings. The Morgan fingerprint density at radius 2 is 2.31 bits per heavy atom. The molecule has 0 aromatic carbocycles. The van der Waals surface area contributed by atoms with Crippen molar-refractivity contribution in [2.75, 3.05) is 5.32 Å². The van der Waals surface area contributed by atoms with Gasteiger partial charge >= 0.3 is 0 Å². The van der Waals surface area contributed by atoms with Crippen LogP contribution < -0.4 is 11.1 Å². The molecule has 0 saturated carbocycles. The minimum Gasteiger partial charge on any atom is -0.328 e. The maximum absolute atomic E-state index is 11.5. The number of amides is 1. The highest BCUT2D eigenvalue weighted by Crippen LogP contribution is 2.22. The Labute approximate surface area is 100 Å². The molecule has 0 spiro atoms. The van der Waals surface area contributed by atoms with Crippen LogP contribution in [0.25, 0.3) is 0 Å².